The van der Waals surface area contributed by atoms with Crippen LogP contribution in [0.4, 0.5) is 5.13 Å². The zero-order valence-corrected chi connectivity index (χ0v) is 18.0. The second-order valence-corrected chi connectivity index (χ2v) is 9.25. The van der Waals surface area contributed by atoms with Crippen molar-refractivity contribution in [1.29, 1.82) is 0 Å². The van der Waals surface area contributed by atoms with Gasteiger partial charge in [-0.2, -0.15) is 0 Å². The highest BCUT2D eigenvalue weighted by Gasteiger charge is 2.28. The Morgan fingerprint density at radius 3 is 2.83 bits per heavy atom. The average Bonchev–Trinajstić information content (AvgIpc) is 3.18. The highest BCUT2D eigenvalue weighted by molar-refractivity contribution is 7.22. The Balaban J connectivity index is 1.16. The summed E-state index contributed by atoms with van der Waals surface area (Å²) in [5.74, 6) is 2.15. The minimum atomic E-state index is -0.0639. The maximum atomic E-state index is 6.14. The van der Waals surface area contributed by atoms with Gasteiger partial charge in [-0.15, -0.1) is 0 Å². The Labute approximate surface area is 179 Å². The number of anilines is 1. The maximum Gasteiger partial charge on any atom is 0.186 e. The molecule has 2 aliphatic rings. The predicted molar refractivity (Wildman–Crippen MR) is 119 cm³/mol. The summed E-state index contributed by atoms with van der Waals surface area (Å²) in [6.07, 6.45) is 2.27. The van der Waals surface area contributed by atoms with Crippen molar-refractivity contribution in [3.05, 3.63) is 47.5 Å². The Morgan fingerprint density at radius 2 is 2.00 bits per heavy atom. The molecule has 2 aliphatic heterocycles. The smallest absolute Gasteiger partial charge is 0.186 e. The number of hydrogen-bond acceptors (Lipinski definition) is 6. The van der Waals surface area contributed by atoms with E-state index in [0.717, 1.165) is 41.8 Å². The predicted octanol–water partition coefficient (Wildman–Crippen LogP) is 4.90. The lowest BCUT2D eigenvalue weighted by Crippen LogP contribution is -2.46. The standard InChI is InChI=1S/C22H24ClN3O2S/c1-25(21-14-27-19-12-16(23)6-7-18(19)28-21)13-15-8-10-26(11-9-15)22-24-17-4-2-3-5-20(17)29-22/h2-7,12,15,21H,8-11,13-14H2,1H3. The van der Waals surface area contributed by atoms with E-state index in [4.69, 9.17) is 26.1 Å². The summed E-state index contributed by atoms with van der Waals surface area (Å²) < 4.78 is 13.3. The molecule has 0 amide bonds. The lowest BCUT2D eigenvalue weighted by atomic mass is 9.96. The van der Waals surface area contributed by atoms with Crippen LogP contribution in [-0.4, -0.2) is 49.4 Å². The van der Waals surface area contributed by atoms with Gasteiger partial charge in [0.25, 0.3) is 0 Å². The van der Waals surface area contributed by atoms with E-state index in [1.807, 2.05) is 18.2 Å². The zero-order chi connectivity index (χ0) is 19.8. The van der Waals surface area contributed by atoms with Crippen molar-refractivity contribution in [2.24, 2.45) is 5.92 Å². The second-order valence-electron chi connectivity index (χ2n) is 7.81. The van der Waals surface area contributed by atoms with Gasteiger partial charge in [0.15, 0.2) is 22.9 Å². The zero-order valence-electron chi connectivity index (χ0n) is 16.4. The lowest BCUT2D eigenvalue weighted by molar-refractivity contribution is -0.0232. The molecule has 0 radical (unpaired) electrons. The highest BCUT2D eigenvalue weighted by Crippen LogP contribution is 2.35. The van der Waals surface area contributed by atoms with Gasteiger partial charge in [-0.25, -0.2) is 4.98 Å². The fourth-order valence-corrected chi connectivity index (χ4v) is 5.26. The molecule has 5 nitrogen and oxygen atoms in total. The summed E-state index contributed by atoms with van der Waals surface area (Å²) in [6, 6.07) is 13.9. The monoisotopic (exact) mass is 429 g/mol. The van der Waals surface area contributed by atoms with Gasteiger partial charge >= 0.3 is 0 Å². The van der Waals surface area contributed by atoms with E-state index >= 15 is 0 Å². The molecule has 7 heteroatoms. The number of hydrogen-bond donors (Lipinski definition) is 0. The molecular formula is C22H24ClN3O2S. The molecule has 1 unspecified atom stereocenters. The van der Waals surface area contributed by atoms with E-state index in [1.54, 1.807) is 11.3 Å². The van der Waals surface area contributed by atoms with Crippen LogP contribution in [-0.2, 0) is 0 Å². The van der Waals surface area contributed by atoms with Gasteiger partial charge in [0, 0.05) is 30.7 Å². The lowest BCUT2D eigenvalue weighted by Gasteiger charge is -2.37. The molecule has 1 saturated heterocycles. The van der Waals surface area contributed by atoms with E-state index in [9.17, 15) is 0 Å². The number of fused-ring (bicyclic) bond motifs is 2. The normalized spacial score (nSPS) is 19.8. The van der Waals surface area contributed by atoms with E-state index in [0.29, 0.717) is 17.5 Å². The molecule has 1 fully saturated rings. The summed E-state index contributed by atoms with van der Waals surface area (Å²) in [7, 11) is 2.12. The first kappa shape index (κ1) is 19.0. The molecule has 1 aromatic heterocycles. The molecule has 5 rings (SSSR count). The van der Waals surface area contributed by atoms with Crippen molar-refractivity contribution in [2.45, 2.75) is 19.1 Å². The number of nitrogens with zero attached hydrogens (tertiary/aromatic N) is 3. The van der Waals surface area contributed by atoms with Crippen molar-refractivity contribution in [3.63, 3.8) is 0 Å². The van der Waals surface area contributed by atoms with Crippen molar-refractivity contribution in [2.75, 3.05) is 38.2 Å². The quantitative estimate of drug-likeness (QED) is 0.590. The van der Waals surface area contributed by atoms with E-state index in [-0.39, 0.29) is 6.23 Å². The number of rotatable bonds is 4. The molecule has 152 valence electrons. The van der Waals surface area contributed by atoms with Crippen molar-refractivity contribution < 1.29 is 9.47 Å². The molecule has 3 heterocycles. The van der Waals surface area contributed by atoms with Crippen LogP contribution in [0.3, 0.4) is 0 Å². The van der Waals surface area contributed by atoms with Crippen molar-refractivity contribution >= 4 is 38.3 Å². The maximum absolute atomic E-state index is 6.14. The van der Waals surface area contributed by atoms with Gasteiger partial charge in [-0.1, -0.05) is 35.1 Å². The Morgan fingerprint density at radius 1 is 1.17 bits per heavy atom. The molecular weight excluding hydrogens is 406 g/mol. The minimum absolute atomic E-state index is 0.0639. The fourth-order valence-electron chi connectivity index (χ4n) is 4.08. The molecule has 1 atom stereocenters. The molecule has 0 saturated carbocycles. The van der Waals surface area contributed by atoms with Gasteiger partial charge in [-0.05, 0) is 50.1 Å². The molecule has 3 aromatic rings. The SMILES string of the molecule is CN(CC1CCN(c2nc3ccccc3s2)CC1)C1COc2cc(Cl)ccc2O1. The van der Waals surface area contributed by atoms with Gasteiger partial charge in [0.1, 0.15) is 6.61 Å². The van der Waals surface area contributed by atoms with Gasteiger partial charge in [0.2, 0.25) is 0 Å². The van der Waals surface area contributed by atoms with Crippen molar-refractivity contribution in [3.8, 4) is 11.5 Å². The first-order chi connectivity index (χ1) is 14.2. The number of aromatic nitrogens is 1. The molecule has 0 spiro atoms. The minimum Gasteiger partial charge on any atom is -0.484 e. The van der Waals surface area contributed by atoms with Crippen LogP contribution in [0.5, 0.6) is 11.5 Å². The molecule has 29 heavy (non-hydrogen) atoms. The number of piperidine rings is 1. The van der Waals surface area contributed by atoms with Crippen LogP contribution in [0.15, 0.2) is 42.5 Å². The van der Waals surface area contributed by atoms with E-state index in [1.165, 1.54) is 17.5 Å². The number of benzene rings is 2. The number of para-hydroxylation sites is 1. The molecule has 0 N–H and O–H groups in total. The van der Waals surface area contributed by atoms with Gasteiger partial charge in [-0.3, -0.25) is 4.90 Å². The summed E-state index contributed by atoms with van der Waals surface area (Å²) in [6.45, 7) is 3.64. The first-order valence-electron chi connectivity index (χ1n) is 10.1. The van der Waals surface area contributed by atoms with Crippen LogP contribution >= 0.6 is 22.9 Å². The third-order valence-electron chi connectivity index (χ3n) is 5.76. The molecule has 0 aliphatic carbocycles. The number of ether oxygens (including phenoxy) is 2. The Bertz CT molecular complexity index is 970. The summed E-state index contributed by atoms with van der Waals surface area (Å²) in [4.78, 5) is 9.52. The van der Waals surface area contributed by atoms with Crippen LogP contribution < -0.4 is 14.4 Å². The largest absolute Gasteiger partial charge is 0.484 e. The van der Waals surface area contributed by atoms with Gasteiger partial charge in [0.05, 0.1) is 10.2 Å². The summed E-state index contributed by atoms with van der Waals surface area (Å²) in [5, 5.41) is 1.82. The third kappa shape index (κ3) is 4.02. The fraction of sp³-hybridized carbons (Fsp3) is 0.409. The van der Waals surface area contributed by atoms with Crippen LogP contribution in [0.25, 0.3) is 10.2 Å². The topological polar surface area (TPSA) is 37.8 Å². The van der Waals surface area contributed by atoms with Crippen LogP contribution in [0, 0.1) is 5.92 Å². The summed E-state index contributed by atoms with van der Waals surface area (Å²) >= 11 is 7.82. The molecule has 0 bridgehead atoms. The Hall–Kier alpha value is -2.02. The Kier molecular flexibility index (Phi) is 5.24. The molecule has 2 aromatic carbocycles. The number of thiazole rings is 1. The number of halogens is 1. The summed E-state index contributed by atoms with van der Waals surface area (Å²) in [5.41, 5.74) is 1.10. The van der Waals surface area contributed by atoms with E-state index in [2.05, 4.69) is 41.1 Å². The van der Waals surface area contributed by atoms with Crippen LogP contribution in [0.1, 0.15) is 12.8 Å². The van der Waals surface area contributed by atoms with Gasteiger partial charge < -0.3 is 14.4 Å². The van der Waals surface area contributed by atoms with Crippen LogP contribution in [0.2, 0.25) is 5.02 Å². The van der Waals surface area contributed by atoms with Crippen molar-refractivity contribution in [1.82, 2.24) is 9.88 Å². The highest BCUT2D eigenvalue weighted by atomic mass is 35.5. The van der Waals surface area contributed by atoms with E-state index < -0.39 is 0 Å². The average molecular weight is 430 g/mol. The third-order valence-corrected chi connectivity index (χ3v) is 7.09. The second kappa shape index (κ2) is 8.01. The first-order valence-corrected chi connectivity index (χ1v) is 11.2. The number of likely N-dealkylation sites (N-methyl/N-ethyl adjacent to an activating group) is 1.